The zero-order valence-electron chi connectivity index (χ0n) is 6.95. The molecule has 1 N–H and O–H groups in total. The zero-order chi connectivity index (χ0) is 8.97. The molecule has 1 aliphatic heterocycles. The molecule has 1 aliphatic rings. The number of nitrogens with one attached hydrogen (secondary N) is 1. The highest BCUT2D eigenvalue weighted by molar-refractivity contribution is 5.76. The predicted molar refractivity (Wildman–Crippen MR) is 41.4 cm³/mol. The molecule has 1 amide bonds. The molecule has 0 bridgehead atoms. The molecule has 5 nitrogen and oxygen atoms in total. The number of carbonyl (C=O) groups excluding carboxylic acids is 2. The van der Waals surface area contributed by atoms with E-state index in [1.807, 2.05) is 0 Å². The maximum atomic E-state index is 11.0. The van der Waals surface area contributed by atoms with Gasteiger partial charge in [-0.25, -0.2) is 0 Å². The molecule has 0 spiro atoms. The third-order valence-corrected chi connectivity index (χ3v) is 1.84. The molecule has 5 heteroatoms. The first kappa shape index (κ1) is 8.99. The Kier molecular flexibility index (Phi) is 3.04. The van der Waals surface area contributed by atoms with Crippen LogP contribution in [0.4, 0.5) is 0 Å². The van der Waals surface area contributed by atoms with Gasteiger partial charge in [0.1, 0.15) is 6.04 Å². The predicted octanol–water partition coefficient (Wildman–Crippen LogP) is -1.41. The van der Waals surface area contributed by atoms with Crippen molar-refractivity contribution in [2.24, 2.45) is 0 Å². The molecule has 1 heterocycles. The van der Waals surface area contributed by atoms with Crippen LogP contribution in [0.1, 0.15) is 0 Å². The van der Waals surface area contributed by atoms with E-state index in [4.69, 9.17) is 0 Å². The van der Waals surface area contributed by atoms with Crippen molar-refractivity contribution in [1.82, 2.24) is 10.2 Å². The molecule has 1 unspecified atom stereocenters. The number of rotatable bonds is 2. The van der Waals surface area contributed by atoms with Gasteiger partial charge in [0.25, 0.3) is 0 Å². The SMILES string of the molecule is COC(=O)C1CN(C=O)CCN1. The second-order valence-electron chi connectivity index (χ2n) is 2.63. The number of piperazine rings is 1. The molecule has 0 saturated carbocycles. The van der Waals surface area contributed by atoms with E-state index < -0.39 is 0 Å². The monoisotopic (exact) mass is 172 g/mol. The molecule has 0 aromatic carbocycles. The van der Waals surface area contributed by atoms with Gasteiger partial charge in [0.05, 0.1) is 7.11 Å². The highest BCUT2D eigenvalue weighted by Gasteiger charge is 2.24. The first-order valence-electron chi connectivity index (χ1n) is 3.78. The molecule has 0 aromatic rings. The van der Waals surface area contributed by atoms with Crippen LogP contribution < -0.4 is 5.32 Å². The van der Waals surface area contributed by atoms with Gasteiger partial charge in [0.15, 0.2) is 0 Å². The van der Waals surface area contributed by atoms with Crippen molar-refractivity contribution >= 4 is 12.4 Å². The van der Waals surface area contributed by atoms with Crippen molar-refractivity contribution in [1.29, 1.82) is 0 Å². The van der Waals surface area contributed by atoms with Gasteiger partial charge in [-0.1, -0.05) is 0 Å². The van der Waals surface area contributed by atoms with Gasteiger partial charge in [-0.05, 0) is 0 Å². The first-order chi connectivity index (χ1) is 5.77. The number of hydrogen-bond donors (Lipinski definition) is 1. The van der Waals surface area contributed by atoms with Gasteiger partial charge in [-0.2, -0.15) is 0 Å². The molecule has 68 valence electrons. The van der Waals surface area contributed by atoms with Crippen molar-refractivity contribution in [3.8, 4) is 0 Å². The van der Waals surface area contributed by atoms with Gasteiger partial charge < -0.3 is 15.0 Å². The van der Waals surface area contributed by atoms with Crippen LogP contribution in [0.15, 0.2) is 0 Å². The second kappa shape index (κ2) is 4.06. The Morgan fingerprint density at radius 1 is 1.75 bits per heavy atom. The lowest BCUT2D eigenvalue weighted by atomic mass is 10.2. The summed E-state index contributed by atoms with van der Waals surface area (Å²) in [5.74, 6) is -0.318. The van der Waals surface area contributed by atoms with Crippen LogP contribution in [0.25, 0.3) is 0 Å². The summed E-state index contributed by atoms with van der Waals surface area (Å²) in [5.41, 5.74) is 0. The van der Waals surface area contributed by atoms with Crippen molar-refractivity contribution in [2.75, 3.05) is 26.7 Å². The highest BCUT2D eigenvalue weighted by atomic mass is 16.5. The van der Waals surface area contributed by atoms with Crippen molar-refractivity contribution < 1.29 is 14.3 Å². The molecular formula is C7H12N2O3. The fourth-order valence-electron chi connectivity index (χ4n) is 1.17. The van der Waals surface area contributed by atoms with Gasteiger partial charge >= 0.3 is 5.97 Å². The second-order valence-corrected chi connectivity index (χ2v) is 2.63. The third kappa shape index (κ3) is 1.94. The Morgan fingerprint density at radius 2 is 2.50 bits per heavy atom. The number of amides is 1. The van der Waals surface area contributed by atoms with Crippen LogP contribution in [0.5, 0.6) is 0 Å². The summed E-state index contributed by atoms with van der Waals surface area (Å²) >= 11 is 0. The number of esters is 1. The van der Waals surface area contributed by atoms with E-state index in [-0.39, 0.29) is 12.0 Å². The molecular weight excluding hydrogens is 160 g/mol. The summed E-state index contributed by atoms with van der Waals surface area (Å²) in [6.45, 7) is 1.69. The molecule has 1 rings (SSSR count). The zero-order valence-corrected chi connectivity index (χ0v) is 6.95. The highest BCUT2D eigenvalue weighted by Crippen LogP contribution is 1.97. The van der Waals surface area contributed by atoms with Crippen LogP contribution in [0.2, 0.25) is 0 Å². The molecule has 0 aliphatic carbocycles. The minimum absolute atomic E-state index is 0.318. The summed E-state index contributed by atoms with van der Waals surface area (Å²) in [6.07, 6.45) is 0.747. The van der Waals surface area contributed by atoms with Crippen LogP contribution in [0, 0.1) is 0 Å². The van der Waals surface area contributed by atoms with E-state index in [1.54, 1.807) is 4.90 Å². The lowest BCUT2D eigenvalue weighted by molar-refractivity contribution is -0.144. The van der Waals surface area contributed by atoms with Gasteiger partial charge in [0, 0.05) is 19.6 Å². The topological polar surface area (TPSA) is 58.6 Å². The number of carbonyl (C=O) groups is 2. The van der Waals surface area contributed by atoms with Crippen LogP contribution >= 0.6 is 0 Å². The number of nitrogens with zero attached hydrogens (tertiary/aromatic N) is 1. The Hall–Kier alpha value is -1.10. The van der Waals surface area contributed by atoms with E-state index in [1.165, 1.54) is 7.11 Å². The van der Waals surface area contributed by atoms with Crippen molar-refractivity contribution in [3.05, 3.63) is 0 Å². The summed E-state index contributed by atoms with van der Waals surface area (Å²) in [5, 5.41) is 2.96. The number of ether oxygens (including phenoxy) is 1. The molecule has 1 atom stereocenters. The normalized spacial score (nSPS) is 23.4. The van der Waals surface area contributed by atoms with Crippen LogP contribution in [-0.4, -0.2) is 50.1 Å². The smallest absolute Gasteiger partial charge is 0.324 e. The minimum atomic E-state index is -0.367. The van der Waals surface area contributed by atoms with Crippen LogP contribution in [0.3, 0.4) is 0 Å². The summed E-state index contributed by atoms with van der Waals surface area (Å²) in [4.78, 5) is 22.9. The molecule has 1 saturated heterocycles. The average molecular weight is 172 g/mol. The van der Waals surface area contributed by atoms with E-state index >= 15 is 0 Å². The van der Waals surface area contributed by atoms with Gasteiger partial charge in [-0.15, -0.1) is 0 Å². The third-order valence-electron chi connectivity index (χ3n) is 1.84. The van der Waals surface area contributed by atoms with E-state index in [0.29, 0.717) is 19.6 Å². The minimum Gasteiger partial charge on any atom is -0.468 e. The van der Waals surface area contributed by atoms with E-state index in [9.17, 15) is 9.59 Å². The molecule has 0 aromatic heterocycles. The quantitative estimate of drug-likeness (QED) is 0.410. The largest absolute Gasteiger partial charge is 0.468 e. The Labute approximate surface area is 70.7 Å². The number of hydrogen-bond acceptors (Lipinski definition) is 4. The standard InChI is InChI=1S/C7H12N2O3/c1-12-7(11)6-4-9(5-10)3-2-8-6/h5-6,8H,2-4H2,1H3. The summed E-state index contributed by atoms with van der Waals surface area (Å²) in [7, 11) is 1.34. The maximum Gasteiger partial charge on any atom is 0.324 e. The Bertz CT molecular complexity index is 183. The summed E-state index contributed by atoms with van der Waals surface area (Å²) < 4.78 is 4.54. The van der Waals surface area contributed by atoms with E-state index in [0.717, 1.165) is 6.41 Å². The van der Waals surface area contributed by atoms with Crippen molar-refractivity contribution in [3.63, 3.8) is 0 Å². The van der Waals surface area contributed by atoms with Crippen molar-refractivity contribution in [2.45, 2.75) is 6.04 Å². The number of methoxy groups -OCH3 is 1. The van der Waals surface area contributed by atoms with Gasteiger partial charge in [0.2, 0.25) is 6.41 Å². The lowest BCUT2D eigenvalue weighted by Gasteiger charge is -2.29. The molecule has 0 radical (unpaired) electrons. The summed E-state index contributed by atoms with van der Waals surface area (Å²) in [6, 6.07) is -0.367. The molecule has 12 heavy (non-hydrogen) atoms. The first-order valence-corrected chi connectivity index (χ1v) is 3.78. The van der Waals surface area contributed by atoms with E-state index in [2.05, 4.69) is 10.1 Å². The maximum absolute atomic E-state index is 11.0. The molecule has 1 fully saturated rings. The van der Waals surface area contributed by atoms with Crippen LogP contribution in [-0.2, 0) is 14.3 Å². The fourth-order valence-corrected chi connectivity index (χ4v) is 1.17. The Balaban J connectivity index is 2.45. The fraction of sp³-hybridized carbons (Fsp3) is 0.714. The lowest BCUT2D eigenvalue weighted by Crippen LogP contribution is -2.53. The average Bonchev–Trinajstić information content (AvgIpc) is 2.17. The van der Waals surface area contributed by atoms with Gasteiger partial charge in [-0.3, -0.25) is 9.59 Å². The Morgan fingerprint density at radius 3 is 3.08 bits per heavy atom.